The molecule has 0 saturated carbocycles. The van der Waals surface area contributed by atoms with Crippen LogP contribution in [0.5, 0.6) is 28.7 Å². The highest BCUT2D eigenvalue weighted by Crippen LogP contribution is 2.44. The molecule has 1 aliphatic rings. The van der Waals surface area contributed by atoms with Crippen LogP contribution in [0.2, 0.25) is 0 Å². The number of hydrogen-bond donors (Lipinski definition) is 8. The number of aliphatic carboxylic acids is 1. The molecule has 0 unspecified atom stereocenters. The highest BCUT2D eigenvalue weighted by molar-refractivity contribution is 5.94. The largest absolute Gasteiger partial charge is 0.504 e. The number of aromatic hydroxyl groups is 3. The molecule has 1 saturated heterocycles. The maximum atomic E-state index is 12.9. The first kappa shape index (κ1) is 27.6. The third-order valence-corrected chi connectivity index (χ3v) is 5.78. The van der Waals surface area contributed by atoms with Gasteiger partial charge in [-0.15, -0.1) is 0 Å². The molecule has 15 heteroatoms. The molecule has 2 aromatic carbocycles. The van der Waals surface area contributed by atoms with Crippen LogP contribution in [-0.4, -0.2) is 90.1 Å². The van der Waals surface area contributed by atoms with Crippen molar-refractivity contribution in [2.45, 2.75) is 37.1 Å². The van der Waals surface area contributed by atoms with E-state index in [1.807, 2.05) is 0 Å². The normalized spacial score (nSPS) is 22.9. The summed E-state index contributed by atoms with van der Waals surface area (Å²) in [7, 11) is 0. The molecule has 39 heavy (non-hydrogen) atoms. The zero-order chi connectivity index (χ0) is 28.6. The minimum Gasteiger partial charge on any atom is -0.504 e. The summed E-state index contributed by atoms with van der Waals surface area (Å²) < 4.78 is 21.4. The van der Waals surface area contributed by atoms with E-state index < -0.39 is 95.2 Å². The maximum Gasteiger partial charge on any atom is 0.322 e. The van der Waals surface area contributed by atoms with Crippen LogP contribution in [-0.2, 0) is 14.3 Å². The lowest BCUT2D eigenvalue weighted by Crippen LogP contribution is -2.60. The minimum absolute atomic E-state index is 0.136. The van der Waals surface area contributed by atoms with Crippen LogP contribution in [0.15, 0.2) is 39.5 Å². The molecule has 0 radical (unpaired) electrons. The van der Waals surface area contributed by atoms with Crippen molar-refractivity contribution in [3.05, 3.63) is 40.6 Å². The van der Waals surface area contributed by atoms with Crippen molar-refractivity contribution in [2.75, 3.05) is 6.61 Å². The SMILES string of the molecule is O=C(O)CC(=O)Oc1c(O[C@H]2O[C@@H](CO)[C@H](O)[C@H](O)[C@@H]2O)cc2oc(-c3ccc(O)c(O)c3)cc(=O)c2c1O. The molecule has 2 heterocycles. The molecule has 3 aromatic rings. The Morgan fingerprint density at radius 2 is 1.67 bits per heavy atom. The van der Waals surface area contributed by atoms with E-state index in [0.717, 1.165) is 24.3 Å². The third-order valence-electron chi connectivity index (χ3n) is 5.78. The van der Waals surface area contributed by atoms with Gasteiger partial charge in [-0.2, -0.15) is 0 Å². The molecule has 0 spiro atoms. The van der Waals surface area contributed by atoms with Crippen LogP contribution >= 0.6 is 0 Å². The summed E-state index contributed by atoms with van der Waals surface area (Å²) in [5.74, 6) is -6.55. The lowest BCUT2D eigenvalue weighted by atomic mass is 9.99. The molecule has 5 atom stereocenters. The van der Waals surface area contributed by atoms with Gasteiger partial charge in [0.05, 0.1) is 6.61 Å². The molecule has 4 rings (SSSR count). The molecule has 15 nitrogen and oxygen atoms in total. The number of phenols is 3. The monoisotopic (exact) mass is 550 g/mol. The van der Waals surface area contributed by atoms with Crippen LogP contribution < -0.4 is 14.9 Å². The van der Waals surface area contributed by atoms with Gasteiger partial charge in [0.2, 0.25) is 12.0 Å². The van der Waals surface area contributed by atoms with Gasteiger partial charge in [0, 0.05) is 17.7 Å². The first-order valence-corrected chi connectivity index (χ1v) is 11.2. The molecule has 1 aliphatic heterocycles. The number of rotatable bonds is 7. The molecular formula is C24H22O15. The molecule has 0 bridgehead atoms. The summed E-state index contributed by atoms with van der Waals surface area (Å²) in [5, 5.41) is 78.3. The molecule has 0 aliphatic carbocycles. The van der Waals surface area contributed by atoms with E-state index >= 15 is 0 Å². The van der Waals surface area contributed by atoms with Crippen molar-refractivity contribution in [1.29, 1.82) is 0 Å². The van der Waals surface area contributed by atoms with E-state index in [1.165, 1.54) is 6.07 Å². The van der Waals surface area contributed by atoms with Gasteiger partial charge in [0.25, 0.3) is 0 Å². The fraction of sp³-hybridized carbons (Fsp3) is 0.292. The number of carbonyl (C=O) groups excluding carboxylic acids is 1. The Labute approximate surface area is 216 Å². The Bertz CT molecular complexity index is 1480. The zero-order valence-corrected chi connectivity index (χ0v) is 19.6. The van der Waals surface area contributed by atoms with Gasteiger partial charge >= 0.3 is 11.9 Å². The van der Waals surface area contributed by atoms with Gasteiger partial charge in [-0.1, -0.05) is 0 Å². The van der Waals surface area contributed by atoms with Gasteiger partial charge in [-0.05, 0) is 18.2 Å². The lowest BCUT2D eigenvalue weighted by Gasteiger charge is -2.39. The third kappa shape index (κ3) is 5.43. The van der Waals surface area contributed by atoms with E-state index in [9.17, 15) is 50.1 Å². The summed E-state index contributed by atoms with van der Waals surface area (Å²) >= 11 is 0. The number of esters is 1. The van der Waals surface area contributed by atoms with Crippen molar-refractivity contribution in [2.24, 2.45) is 0 Å². The number of aliphatic hydroxyl groups is 4. The van der Waals surface area contributed by atoms with Crippen LogP contribution in [0.4, 0.5) is 0 Å². The van der Waals surface area contributed by atoms with Gasteiger partial charge in [-0.3, -0.25) is 14.4 Å². The fourth-order valence-electron chi connectivity index (χ4n) is 3.83. The van der Waals surface area contributed by atoms with Crippen LogP contribution in [0.1, 0.15) is 6.42 Å². The van der Waals surface area contributed by atoms with Gasteiger partial charge < -0.3 is 59.5 Å². The highest BCUT2D eigenvalue weighted by atomic mass is 16.7. The van der Waals surface area contributed by atoms with Crippen molar-refractivity contribution in [1.82, 2.24) is 0 Å². The molecule has 208 valence electrons. The number of carboxylic acids is 1. The van der Waals surface area contributed by atoms with Crippen LogP contribution in [0, 0.1) is 0 Å². The zero-order valence-electron chi connectivity index (χ0n) is 19.6. The van der Waals surface area contributed by atoms with Crippen molar-refractivity contribution < 1.29 is 69.1 Å². The predicted octanol–water partition coefficient (Wildman–Crippen LogP) is -0.864. The van der Waals surface area contributed by atoms with E-state index in [1.54, 1.807) is 0 Å². The lowest BCUT2D eigenvalue weighted by molar-refractivity contribution is -0.277. The number of ether oxygens (including phenoxy) is 3. The maximum absolute atomic E-state index is 12.9. The summed E-state index contributed by atoms with van der Waals surface area (Å²) in [6.07, 6.45) is -9.90. The molecule has 8 N–H and O–H groups in total. The Morgan fingerprint density at radius 3 is 2.31 bits per heavy atom. The first-order valence-electron chi connectivity index (χ1n) is 11.2. The second-order valence-corrected chi connectivity index (χ2v) is 8.46. The highest BCUT2D eigenvalue weighted by Gasteiger charge is 2.45. The number of aliphatic hydroxyl groups excluding tert-OH is 4. The number of phenolic OH excluding ortho intramolecular Hbond substituents is 3. The quantitative estimate of drug-likeness (QED) is 0.0770. The standard InChI is InChI=1S/C24H22O15/c25-7-15-19(32)21(34)22(35)24(38-15)37-14-5-13-18(20(33)23(14)39-17(31)6-16(29)30)11(28)4-12(36-13)8-1-2-9(26)10(27)3-8/h1-5,15,19,21-22,24-27,32-35H,6-7H2,(H,29,30)/t15-,19-,21-,22-,24-/m0/s1. The summed E-state index contributed by atoms with van der Waals surface area (Å²) in [6.45, 7) is -0.800. The summed E-state index contributed by atoms with van der Waals surface area (Å²) in [4.78, 5) is 35.9. The van der Waals surface area contributed by atoms with Crippen molar-refractivity contribution in [3.63, 3.8) is 0 Å². The number of carbonyl (C=O) groups is 2. The average Bonchev–Trinajstić information content (AvgIpc) is 2.87. The topological polar surface area (TPSA) is 254 Å². The van der Waals surface area contributed by atoms with Crippen molar-refractivity contribution in [3.8, 4) is 40.1 Å². The van der Waals surface area contributed by atoms with Gasteiger partial charge in [0.1, 0.15) is 47.6 Å². The fourth-order valence-corrected chi connectivity index (χ4v) is 3.83. The van der Waals surface area contributed by atoms with Gasteiger partial charge in [0.15, 0.2) is 28.4 Å². The second-order valence-electron chi connectivity index (χ2n) is 8.46. The van der Waals surface area contributed by atoms with Crippen molar-refractivity contribution >= 4 is 22.9 Å². The van der Waals surface area contributed by atoms with E-state index in [0.29, 0.717) is 0 Å². The number of carboxylic acid groups (broad SMARTS) is 1. The molecule has 1 aromatic heterocycles. The Morgan fingerprint density at radius 1 is 0.949 bits per heavy atom. The van der Waals surface area contributed by atoms with E-state index in [-0.39, 0.29) is 16.9 Å². The molecular weight excluding hydrogens is 528 g/mol. The van der Waals surface area contributed by atoms with Crippen LogP contribution in [0.25, 0.3) is 22.3 Å². The molecule has 1 fully saturated rings. The predicted molar refractivity (Wildman–Crippen MR) is 125 cm³/mol. The molecule has 0 amide bonds. The second kappa shape index (κ2) is 10.8. The smallest absolute Gasteiger partial charge is 0.322 e. The number of fused-ring (bicyclic) bond motifs is 1. The number of hydrogen-bond acceptors (Lipinski definition) is 14. The Hall–Kier alpha value is -4.41. The Kier molecular flexibility index (Phi) is 7.62. The minimum atomic E-state index is -1.93. The summed E-state index contributed by atoms with van der Waals surface area (Å²) in [6, 6.07) is 5.39. The number of benzene rings is 2. The Balaban J connectivity index is 1.85. The van der Waals surface area contributed by atoms with E-state index in [2.05, 4.69) is 0 Å². The van der Waals surface area contributed by atoms with E-state index in [4.69, 9.17) is 23.7 Å². The first-order chi connectivity index (χ1) is 18.4. The van der Waals surface area contributed by atoms with Gasteiger partial charge in [-0.25, -0.2) is 0 Å². The average molecular weight is 550 g/mol. The van der Waals surface area contributed by atoms with Crippen LogP contribution in [0.3, 0.4) is 0 Å². The summed E-state index contributed by atoms with van der Waals surface area (Å²) in [5.41, 5.74) is -1.11.